The lowest BCUT2D eigenvalue weighted by molar-refractivity contribution is -0.137. The summed E-state index contributed by atoms with van der Waals surface area (Å²) in [4.78, 5) is 4.08. The van der Waals surface area contributed by atoms with Gasteiger partial charge >= 0.3 is 6.18 Å². The molecule has 0 bridgehead atoms. The van der Waals surface area contributed by atoms with Gasteiger partial charge in [-0.25, -0.2) is 4.39 Å². The lowest BCUT2D eigenvalue weighted by Crippen LogP contribution is -2.46. The predicted octanol–water partition coefficient (Wildman–Crippen LogP) is 1.95. The first-order valence-electron chi connectivity index (χ1n) is 6.81. The molecule has 0 spiro atoms. The quantitative estimate of drug-likeness (QED) is 0.862. The molecule has 1 saturated heterocycles. The van der Waals surface area contributed by atoms with E-state index in [2.05, 4.69) is 4.90 Å². The Kier molecular flexibility index (Phi) is 5.18. The van der Waals surface area contributed by atoms with Crippen LogP contribution in [0.1, 0.15) is 11.1 Å². The Morgan fingerprint density at radius 1 is 1.00 bits per heavy atom. The van der Waals surface area contributed by atoms with Gasteiger partial charge in [0.2, 0.25) is 0 Å². The van der Waals surface area contributed by atoms with Gasteiger partial charge in [0.1, 0.15) is 5.82 Å². The average Bonchev–Trinajstić information content (AvgIpc) is 2.40. The molecule has 0 aliphatic carbocycles. The minimum Gasteiger partial charge on any atom is -0.395 e. The van der Waals surface area contributed by atoms with Crippen LogP contribution < -0.4 is 0 Å². The molecule has 0 atom stereocenters. The SMILES string of the molecule is OCCN1CCN(Cc2cc(F)cc(C(F)(F)F)c2)CC1. The number of benzene rings is 1. The number of aliphatic hydroxyl groups is 1. The number of halogens is 4. The Balaban J connectivity index is 1.99. The fourth-order valence-corrected chi connectivity index (χ4v) is 2.48. The molecule has 118 valence electrons. The van der Waals surface area contributed by atoms with Crippen molar-refractivity contribution in [2.75, 3.05) is 39.3 Å². The Hall–Kier alpha value is -1.18. The van der Waals surface area contributed by atoms with Gasteiger partial charge in [-0.15, -0.1) is 0 Å². The van der Waals surface area contributed by atoms with Crippen LogP contribution in [-0.2, 0) is 12.7 Å². The number of β-amino-alcohol motifs (C(OH)–C–C–N with tert-alkyl or cyclic N) is 1. The van der Waals surface area contributed by atoms with Crippen molar-refractivity contribution >= 4 is 0 Å². The first-order valence-corrected chi connectivity index (χ1v) is 6.81. The summed E-state index contributed by atoms with van der Waals surface area (Å²) in [6.45, 7) is 3.89. The van der Waals surface area contributed by atoms with Gasteiger partial charge in [0.25, 0.3) is 0 Å². The molecule has 1 heterocycles. The van der Waals surface area contributed by atoms with E-state index in [1.54, 1.807) is 0 Å². The fraction of sp³-hybridized carbons (Fsp3) is 0.571. The van der Waals surface area contributed by atoms with Gasteiger partial charge < -0.3 is 5.11 Å². The van der Waals surface area contributed by atoms with Crippen molar-refractivity contribution in [3.63, 3.8) is 0 Å². The number of aliphatic hydroxyl groups excluding tert-OH is 1. The highest BCUT2D eigenvalue weighted by Crippen LogP contribution is 2.30. The smallest absolute Gasteiger partial charge is 0.395 e. The van der Waals surface area contributed by atoms with Crippen molar-refractivity contribution in [3.05, 3.63) is 35.1 Å². The van der Waals surface area contributed by atoms with Crippen LogP contribution in [0.15, 0.2) is 18.2 Å². The van der Waals surface area contributed by atoms with Gasteiger partial charge in [-0.1, -0.05) is 0 Å². The predicted molar refractivity (Wildman–Crippen MR) is 70.2 cm³/mol. The summed E-state index contributed by atoms with van der Waals surface area (Å²) < 4.78 is 51.3. The van der Waals surface area contributed by atoms with E-state index in [1.165, 1.54) is 0 Å². The van der Waals surface area contributed by atoms with Gasteiger partial charge in [0, 0.05) is 39.3 Å². The zero-order valence-electron chi connectivity index (χ0n) is 11.5. The van der Waals surface area contributed by atoms with Crippen LogP contribution >= 0.6 is 0 Å². The summed E-state index contributed by atoms with van der Waals surface area (Å²) in [6, 6.07) is 2.67. The summed E-state index contributed by atoms with van der Waals surface area (Å²) in [5.74, 6) is -0.862. The monoisotopic (exact) mass is 306 g/mol. The molecule has 0 aromatic heterocycles. The van der Waals surface area contributed by atoms with Gasteiger partial charge in [0.15, 0.2) is 0 Å². The highest BCUT2D eigenvalue weighted by atomic mass is 19.4. The maximum absolute atomic E-state index is 13.3. The number of hydrogen-bond donors (Lipinski definition) is 1. The second kappa shape index (κ2) is 6.72. The standard InChI is InChI=1S/C14H18F4N2O/c15-13-8-11(7-12(9-13)14(16,17)18)10-20-3-1-19(2-4-20)5-6-21/h7-9,21H,1-6,10H2. The molecule has 1 aliphatic heterocycles. The van der Waals surface area contributed by atoms with E-state index in [9.17, 15) is 17.6 Å². The van der Waals surface area contributed by atoms with E-state index < -0.39 is 17.6 Å². The molecule has 2 rings (SSSR count). The van der Waals surface area contributed by atoms with Crippen molar-refractivity contribution in [3.8, 4) is 0 Å². The molecule has 7 heteroatoms. The van der Waals surface area contributed by atoms with Crippen LogP contribution in [0.3, 0.4) is 0 Å². The summed E-state index contributed by atoms with van der Waals surface area (Å²) in [5.41, 5.74) is -0.616. The van der Waals surface area contributed by atoms with Crippen molar-refractivity contribution < 1.29 is 22.7 Å². The average molecular weight is 306 g/mol. The van der Waals surface area contributed by atoms with E-state index in [4.69, 9.17) is 5.11 Å². The number of hydrogen-bond acceptors (Lipinski definition) is 3. The Labute approximate surface area is 120 Å². The maximum atomic E-state index is 13.3. The van der Waals surface area contributed by atoms with E-state index in [-0.39, 0.29) is 6.61 Å². The molecule has 0 radical (unpaired) electrons. The van der Waals surface area contributed by atoms with Crippen molar-refractivity contribution in [2.24, 2.45) is 0 Å². The molecular weight excluding hydrogens is 288 g/mol. The van der Waals surface area contributed by atoms with Crippen molar-refractivity contribution in [1.82, 2.24) is 9.80 Å². The number of alkyl halides is 3. The third kappa shape index (κ3) is 4.66. The molecule has 21 heavy (non-hydrogen) atoms. The molecule has 1 aromatic carbocycles. The molecule has 0 unspecified atom stereocenters. The maximum Gasteiger partial charge on any atom is 0.416 e. The van der Waals surface area contributed by atoms with Crippen LogP contribution in [-0.4, -0.2) is 54.2 Å². The summed E-state index contributed by atoms with van der Waals surface area (Å²) in [6.07, 6.45) is -4.53. The van der Waals surface area contributed by atoms with E-state index >= 15 is 0 Å². The number of rotatable bonds is 4. The molecule has 0 saturated carbocycles. The van der Waals surface area contributed by atoms with E-state index in [0.29, 0.717) is 37.8 Å². The van der Waals surface area contributed by atoms with E-state index in [0.717, 1.165) is 25.2 Å². The van der Waals surface area contributed by atoms with Crippen LogP contribution in [0, 0.1) is 5.82 Å². The van der Waals surface area contributed by atoms with Crippen LogP contribution in [0.2, 0.25) is 0 Å². The molecule has 1 aliphatic rings. The first kappa shape index (κ1) is 16.2. The van der Waals surface area contributed by atoms with Crippen molar-refractivity contribution in [2.45, 2.75) is 12.7 Å². The largest absolute Gasteiger partial charge is 0.416 e. The third-order valence-electron chi connectivity index (χ3n) is 3.57. The Morgan fingerprint density at radius 2 is 1.62 bits per heavy atom. The summed E-state index contributed by atoms with van der Waals surface area (Å²) in [7, 11) is 0. The molecule has 1 N–H and O–H groups in total. The fourth-order valence-electron chi connectivity index (χ4n) is 2.48. The highest BCUT2D eigenvalue weighted by molar-refractivity contribution is 5.26. The molecule has 0 amide bonds. The summed E-state index contributed by atoms with van der Waals surface area (Å²) in [5, 5.41) is 8.85. The topological polar surface area (TPSA) is 26.7 Å². The zero-order valence-corrected chi connectivity index (χ0v) is 11.5. The Morgan fingerprint density at radius 3 is 2.19 bits per heavy atom. The third-order valence-corrected chi connectivity index (χ3v) is 3.57. The summed E-state index contributed by atoms with van der Waals surface area (Å²) >= 11 is 0. The van der Waals surface area contributed by atoms with Gasteiger partial charge in [-0.05, 0) is 23.8 Å². The number of nitrogens with zero attached hydrogens (tertiary/aromatic N) is 2. The van der Waals surface area contributed by atoms with Crippen LogP contribution in [0.4, 0.5) is 17.6 Å². The lowest BCUT2D eigenvalue weighted by atomic mass is 10.1. The molecular formula is C14H18F4N2O. The number of piperazine rings is 1. The zero-order chi connectivity index (χ0) is 15.5. The minimum atomic E-state index is -4.53. The normalized spacial score (nSPS) is 18.1. The molecule has 3 nitrogen and oxygen atoms in total. The van der Waals surface area contributed by atoms with Crippen LogP contribution in [0.5, 0.6) is 0 Å². The van der Waals surface area contributed by atoms with Crippen molar-refractivity contribution in [1.29, 1.82) is 0 Å². The highest BCUT2D eigenvalue weighted by Gasteiger charge is 2.31. The first-order chi connectivity index (χ1) is 9.88. The van der Waals surface area contributed by atoms with Crippen LogP contribution in [0.25, 0.3) is 0 Å². The molecule has 1 aromatic rings. The lowest BCUT2D eigenvalue weighted by Gasteiger charge is -2.34. The van der Waals surface area contributed by atoms with E-state index in [1.807, 2.05) is 4.90 Å². The van der Waals surface area contributed by atoms with Gasteiger partial charge in [-0.2, -0.15) is 13.2 Å². The van der Waals surface area contributed by atoms with Gasteiger partial charge in [-0.3, -0.25) is 9.80 Å². The second-order valence-corrected chi connectivity index (χ2v) is 5.19. The second-order valence-electron chi connectivity index (χ2n) is 5.19. The Bertz CT molecular complexity index is 471. The van der Waals surface area contributed by atoms with Gasteiger partial charge in [0.05, 0.1) is 12.2 Å². The minimum absolute atomic E-state index is 0.0961. The molecule has 1 fully saturated rings.